The third-order valence-corrected chi connectivity index (χ3v) is 5.35. The second-order valence-electron chi connectivity index (χ2n) is 8.63. The normalized spacial score (nSPS) is 14.5. The fourth-order valence-corrected chi connectivity index (χ4v) is 3.24. The number of phenols is 1. The van der Waals surface area contributed by atoms with Gasteiger partial charge in [0.05, 0.1) is 6.61 Å². The van der Waals surface area contributed by atoms with Gasteiger partial charge in [-0.3, -0.25) is 14.4 Å². The minimum absolute atomic E-state index is 0.00189. The highest BCUT2D eigenvalue weighted by Crippen LogP contribution is 2.13. The van der Waals surface area contributed by atoms with E-state index in [1.807, 2.05) is 0 Å². The van der Waals surface area contributed by atoms with Crippen molar-refractivity contribution in [1.29, 1.82) is 0 Å². The number of nitrogens with one attached hydrogen (secondary N) is 3. The predicted molar refractivity (Wildman–Crippen MR) is 128 cm³/mol. The van der Waals surface area contributed by atoms with Crippen LogP contribution in [0.4, 0.5) is 0 Å². The van der Waals surface area contributed by atoms with Crippen LogP contribution in [0.1, 0.15) is 38.7 Å². The Morgan fingerprint density at radius 1 is 0.914 bits per heavy atom. The van der Waals surface area contributed by atoms with E-state index in [0.717, 1.165) is 0 Å². The predicted octanol–water partition coefficient (Wildman–Crippen LogP) is -1.42. The van der Waals surface area contributed by atoms with Gasteiger partial charge in [0.1, 0.15) is 29.9 Å². The molecule has 196 valence electrons. The van der Waals surface area contributed by atoms with E-state index < -0.39 is 54.5 Å². The number of nitrogens with two attached hydrogens (primary N) is 2. The molecular weight excluding hydrogens is 458 g/mol. The van der Waals surface area contributed by atoms with Gasteiger partial charge in [0.15, 0.2) is 0 Å². The van der Waals surface area contributed by atoms with Crippen LogP contribution in [0.25, 0.3) is 0 Å². The molecule has 1 aromatic rings. The highest BCUT2D eigenvalue weighted by molar-refractivity contribution is 5.94. The molecule has 0 saturated carbocycles. The van der Waals surface area contributed by atoms with E-state index in [0.29, 0.717) is 24.9 Å². The van der Waals surface area contributed by atoms with Gasteiger partial charge in [-0.2, -0.15) is 0 Å². The van der Waals surface area contributed by atoms with E-state index in [-0.39, 0.29) is 24.5 Å². The van der Waals surface area contributed by atoms with Crippen LogP contribution >= 0.6 is 0 Å². The van der Waals surface area contributed by atoms with Gasteiger partial charge in [-0.1, -0.05) is 26.0 Å². The van der Waals surface area contributed by atoms with Gasteiger partial charge in [-0.25, -0.2) is 4.79 Å². The van der Waals surface area contributed by atoms with Gasteiger partial charge in [0.2, 0.25) is 17.7 Å². The summed E-state index contributed by atoms with van der Waals surface area (Å²) in [5.74, 6) is -3.69. The number of aliphatic carboxylic acids is 1. The smallest absolute Gasteiger partial charge is 0.326 e. The minimum atomic E-state index is -1.22. The van der Waals surface area contributed by atoms with Crippen molar-refractivity contribution in [3.63, 3.8) is 0 Å². The molecule has 12 nitrogen and oxygen atoms in total. The third-order valence-electron chi connectivity index (χ3n) is 5.35. The quantitative estimate of drug-likeness (QED) is 0.134. The summed E-state index contributed by atoms with van der Waals surface area (Å²) in [5, 5.41) is 35.6. The lowest BCUT2D eigenvalue weighted by molar-refractivity contribution is -0.142. The lowest BCUT2D eigenvalue weighted by atomic mass is 10.00. The van der Waals surface area contributed by atoms with Gasteiger partial charge in [0.25, 0.3) is 0 Å². The summed E-state index contributed by atoms with van der Waals surface area (Å²) in [5.41, 5.74) is 11.6. The van der Waals surface area contributed by atoms with Crippen molar-refractivity contribution in [1.82, 2.24) is 16.0 Å². The van der Waals surface area contributed by atoms with Gasteiger partial charge < -0.3 is 42.7 Å². The molecule has 0 aliphatic rings. The van der Waals surface area contributed by atoms with Crippen LogP contribution in [0, 0.1) is 5.92 Å². The van der Waals surface area contributed by atoms with Crippen molar-refractivity contribution in [2.75, 3.05) is 13.2 Å². The molecule has 12 heteroatoms. The summed E-state index contributed by atoms with van der Waals surface area (Å²) >= 11 is 0. The van der Waals surface area contributed by atoms with E-state index in [4.69, 9.17) is 16.6 Å². The number of hydrogen-bond donors (Lipinski definition) is 8. The Bertz CT molecular complexity index is 847. The van der Waals surface area contributed by atoms with Crippen molar-refractivity contribution in [2.24, 2.45) is 17.4 Å². The molecule has 3 amide bonds. The second-order valence-corrected chi connectivity index (χ2v) is 8.63. The molecule has 1 rings (SSSR count). The summed E-state index contributed by atoms with van der Waals surface area (Å²) < 4.78 is 0. The molecule has 0 heterocycles. The molecule has 4 atom stereocenters. The first-order chi connectivity index (χ1) is 16.5. The molecule has 0 radical (unpaired) electrons. The Balaban J connectivity index is 3.10. The zero-order valence-corrected chi connectivity index (χ0v) is 20.1. The fourth-order valence-electron chi connectivity index (χ4n) is 3.24. The number of hydrogen-bond acceptors (Lipinski definition) is 8. The number of unbranched alkanes of at least 4 members (excludes halogenated alkanes) is 1. The summed E-state index contributed by atoms with van der Waals surface area (Å²) in [6.07, 6.45) is 1.26. The van der Waals surface area contributed by atoms with E-state index >= 15 is 0 Å². The Morgan fingerprint density at radius 3 is 2.03 bits per heavy atom. The first-order valence-electron chi connectivity index (χ1n) is 11.5. The molecule has 4 unspecified atom stereocenters. The van der Waals surface area contributed by atoms with Crippen LogP contribution < -0.4 is 27.4 Å². The second kappa shape index (κ2) is 14.9. The van der Waals surface area contributed by atoms with E-state index in [9.17, 15) is 29.4 Å². The van der Waals surface area contributed by atoms with Crippen LogP contribution in [-0.2, 0) is 25.6 Å². The minimum Gasteiger partial charge on any atom is -0.508 e. The van der Waals surface area contributed by atoms with Crippen molar-refractivity contribution >= 4 is 23.7 Å². The summed E-state index contributed by atoms with van der Waals surface area (Å²) in [6.45, 7) is 3.15. The van der Waals surface area contributed by atoms with Crippen LogP contribution in [0.2, 0.25) is 0 Å². The number of aliphatic hydroxyl groups excluding tert-OH is 1. The maximum Gasteiger partial charge on any atom is 0.326 e. The summed E-state index contributed by atoms with van der Waals surface area (Å²) in [6, 6.07) is 1.36. The van der Waals surface area contributed by atoms with Crippen molar-refractivity contribution in [3.8, 4) is 5.75 Å². The first-order valence-corrected chi connectivity index (χ1v) is 11.5. The van der Waals surface area contributed by atoms with Crippen LogP contribution in [0.3, 0.4) is 0 Å². The van der Waals surface area contributed by atoms with Crippen molar-refractivity contribution in [3.05, 3.63) is 29.8 Å². The Hall–Kier alpha value is -3.22. The number of aromatic hydroxyl groups is 1. The standard InChI is InChI=1S/C23H37N5O7/c1-13(2)19(28-20(31)16(25)12-29)22(33)27-18(11-14-6-8-15(30)9-7-14)21(32)26-17(23(34)35)5-3-4-10-24/h6-9,13,16-19,29-30H,3-5,10-12,24-25H2,1-2H3,(H,26,32)(H,27,33)(H,28,31)(H,34,35). The Morgan fingerprint density at radius 2 is 1.51 bits per heavy atom. The molecule has 0 fully saturated rings. The topological polar surface area (TPSA) is 217 Å². The number of rotatable bonds is 15. The molecule has 0 spiro atoms. The number of carboxylic acid groups (broad SMARTS) is 1. The van der Waals surface area contributed by atoms with Gasteiger partial charge in [0, 0.05) is 6.42 Å². The maximum atomic E-state index is 13.1. The highest BCUT2D eigenvalue weighted by Gasteiger charge is 2.31. The Kier molecular flexibility index (Phi) is 12.7. The molecular formula is C23H37N5O7. The average molecular weight is 496 g/mol. The van der Waals surface area contributed by atoms with E-state index in [2.05, 4.69) is 16.0 Å². The zero-order valence-electron chi connectivity index (χ0n) is 20.1. The lowest BCUT2D eigenvalue weighted by Gasteiger charge is -2.27. The largest absolute Gasteiger partial charge is 0.508 e. The molecule has 0 saturated heterocycles. The van der Waals surface area contributed by atoms with Crippen LogP contribution in [0.5, 0.6) is 5.75 Å². The van der Waals surface area contributed by atoms with E-state index in [1.165, 1.54) is 12.1 Å². The number of benzene rings is 1. The molecule has 10 N–H and O–H groups in total. The maximum absolute atomic E-state index is 13.1. The number of phenolic OH excluding ortho intramolecular Hbond substituents is 1. The summed E-state index contributed by atoms with van der Waals surface area (Å²) in [7, 11) is 0. The monoisotopic (exact) mass is 495 g/mol. The fraction of sp³-hybridized carbons (Fsp3) is 0.565. The molecule has 0 aliphatic heterocycles. The van der Waals surface area contributed by atoms with Gasteiger partial charge in [-0.15, -0.1) is 0 Å². The van der Waals surface area contributed by atoms with Gasteiger partial charge in [-0.05, 0) is 49.4 Å². The number of amides is 3. The molecule has 0 aromatic heterocycles. The lowest BCUT2D eigenvalue weighted by Crippen LogP contribution is -2.59. The van der Waals surface area contributed by atoms with Crippen LogP contribution in [0.15, 0.2) is 24.3 Å². The average Bonchev–Trinajstić information content (AvgIpc) is 2.81. The van der Waals surface area contributed by atoms with Crippen molar-refractivity contribution < 1.29 is 34.5 Å². The van der Waals surface area contributed by atoms with Gasteiger partial charge >= 0.3 is 5.97 Å². The van der Waals surface area contributed by atoms with Crippen molar-refractivity contribution in [2.45, 2.75) is 63.7 Å². The van der Waals surface area contributed by atoms with Crippen LogP contribution in [-0.4, -0.2) is 76.3 Å². The Labute approximate surface area is 204 Å². The molecule has 35 heavy (non-hydrogen) atoms. The molecule has 0 bridgehead atoms. The molecule has 0 aliphatic carbocycles. The highest BCUT2D eigenvalue weighted by atomic mass is 16.4. The number of carbonyl (C=O) groups excluding carboxylic acids is 3. The zero-order chi connectivity index (χ0) is 26.5. The summed E-state index contributed by atoms with van der Waals surface area (Å²) in [4.78, 5) is 49.9. The number of carboxylic acids is 1. The SMILES string of the molecule is CC(C)C(NC(=O)C(N)CO)C(=O)NC(Cc1ccc(O)cc1)C(=O)NC(CCCCN)C(=O)O. The van der Waals surface area contributed by atoms with E-state index in [1.54, 1.807) is 26.0 Å². The molecule has 1 aromatic carbocycles. The number of carbonyl (C=O) groups is 4. The first kappa shape index (κ1) is 29.8. The third kappa shape index (κ3) is 10.3. The number of aliphatic hydroxyl groups is 1.